The third-order valence-corrected chi connectivity index (χ3v) is 10.0. The predicted molar refractivity (Wildman–Crippen MR) is 233 cm³/mol. The van der Waals surface area contributed by atoms with E-state index < -0.39 is 60.7 Å². The Hall–Kier alpha value is -5.57. The molecule has 8 aromatic rings. The number of benzene rings is 6. The van der Waals surface area contributed by atoms with Crippen LogP contribution in [-0.4, -0.2) is 19.6 Å². The van der Waals surface area contributed by atoms with Gasteiger partial charge in [-0.1, -0.05) is 149 Å². The van der Waals surface area contributed by atoms with E-state index in [2.05, 4.69) is 31.8 Å². The molecule has 0 saturated heterocycles. The molecular weight excluding hydrogens is 878 g/mol. The quantitative estimate of drug-likeness (QED) is 0.169. The van der Waals surface area contributed by atoms with Gasteiger partial charge in [-0.25, -0.2) is 4.98 Å². The van der Waals surface area contributed by atoms with Crippen molar-refractivity contribution in [3.63, 3.8) is 0 Å². The molecule has 0 bridgehead atoms. The Labute approximate surface area is 367 Å². The van der Waals surface area contributed by atoms with Gasteiger partial charge in [0.15, 0.2) is 0 Å². The third kappa shape index (κ3) is 7.76. The second-order valence-corrected chi connectivity index (χ2v) is 16.1. The summed E-state index contributed by atoms with van der Waals surface area (Å²) in [6.07, 6.45) is -0.555. The minimum atomic E-state index is -2.40. The number of aryl methyl sites for hydroxylation is 2. The second-order valence-electron chi connectivity index (χ2n) is 16.1. The number of nitrogens with zero attached hydrogens (tertiary/aromatic N) is 3. The molecule has 0 unspecified atom stereocenters. The zero-order valence-electron chi connectivity index (χ0n) is 43.8. The summed E-state index contributed by atoms with van der Waals surface area (Å²) < 4.78 is 96.1. The molecule has 0 radical (unpaired) electrons. The van der Waals surface area contributed by atoms with Crippen molar-refractivity contribution in [1.82, 2.24) is 14.5 Å². The molecule has 6 aromatic carbocycles. The number of fused-ring (bicyclic) bond motifs is 1. The topological polar surface area (TPSA) is 50.9 Å². The van der Waals surface area contributed by atoms with E-state index in [4.69, 9.17) is 18.7 Å². The molecule has 0 aliphatic heterocycles. The van der Waals surface area contributed by atoms with Crippen molar-refractivity contribution in [2.45, 2.75) is 66.1 Å². The van der Waals surface area contributed by atoms with E-state index in [9.17, 15) is 6.48 Å². The number of pyridine rings is 1. The number of hydrogen-bond acceptors (Lipinski definition) is 3. The number of phenols is 1. The van der Waals surface area contributed by atoms with Gasteiger partial charge in [0.05, 0.1) is 33.3 Å². The van der Waals surface area contributed by atoms with E-state index in [0.29, 0.717) is 50.4 Å². The number of phenolic OH excluding ortho intramolecular Hbond substituents is 1. The summed E-state index contributed by atoms with van der Waals surface area (Å²) in [5, 5.41) is 12.0. The summed E-state index contributed by atoms with van der Waals surface area (Å²) in [6, 6.07) is 27.2. The van der Waals surface area contributed by atoms with Crippen molar-refractivity contribution in [3.05, 3.63) is 168 Å². The summed E-state index contributed by atoms with van der Waals surface area (Å²) in [7, 11) is 0. The van der Waals surface area contributed by atoms with Crippen LogP contribution in [0.4, 0.5) is 0 Å². The van der Waals surface area contributed by atoms with Gasteiger partial charge in [-0.3, -0.25) is 9.55 Å². The fourth-order valence-electron chi connectivity index (χ4n) is 6.92. The van der Waals surface area contributed by atoms with Crippen molar-refractivity contribution in [2.24, 2.45) is 0 Å². The first kappa shape index (κ1) is 27.9. The van der Waals surface area contributed by atoms with Gasteiger partial charge < -0.3 is 5.11 Å². The fraction of sp³-hybridized carbons (Fsp3) is 0.192. The van der Waals surface area contributed by atoms with Crippen molar-refractivity contribution < 1.29 is 41.3 Å². The minimum absolute atomic E-state index is 0. The summed E-state index contributed by atoms with van der Waals surface area (Å²) in [5.41, 5.74) is 5.96. The molecular formula is C52H48N3OPt-. The van der Waals surface area contributed by atoms with Crippen LogP contribution in [0.2, 0.25) is 0 Å². The van der Waals surface area contributed by atoms with Crippen LogP contribution < -0.4 is 0 Å². The van der Waals surface area contributed by atoms with Crippen molar-refractivity contribution in [3.8, 4) is 67.5 Å². The Balaban J connectivity index is 0.00000684. The molecule has 0 aliphatic rings. The molecule has 5 heteroatoms. The molecule has 0 amide bonds. The maximum absolute atomic E-state index is 12.0. The Morgan fingerprint density at radius 2 is 1.42 bits per heavy atom. The van der Waals surface area contributed by atoms with Crippen molar-refractivity contribution >= 4 is 11.0 Å². The summed E-state index contributed by atoms with van der Waals surface area (Å²) >= 11 is 0. The Morgan fingerprint density at radius 1 is 0.702 bits per heavy atom. The fourth-order valence-corrected chi connectivity index (χ4v) is 6.92. The summed E-state index contributed by atoms with van der Waals surface area (Å²) in [6.45, 7) is 11.8. The van der Waals surface area contributed by atoms with Gasteiger partial charge in [0.2, 0.25) is 0 Å². The largest absolute Gasteiger partial charge is 0.507 e. The zero-order chi connectivity index (χ0) is 48.8. The Bertz CT molecular complexity index is 3290. The van der Waals surface area contributed by atoms with Gasteiger partial charge in [0.25, 0.3) is 0 Å². The standard InChI is InChI=1S/C52H48N3O.Pt/c1-33-22-23-46(43(26-33)36-18-13-10-14-19-36)55-47-21-15-20-42(48(47)54-50(55)44-32-40(51(3,4)5)27-34(2)49(44)56)38-28-39(30-41(29-38)52(6,7)8)45-31-37(24-25-53-45)35-16-11-9-12-17-35;/h9-27,29-32,56H,1-8H3;/q-1;/i1D3,9D,11D,12D,16D,17D,24D,25D,31D;. The van der Waals surface area contributed by atoms with E-state index in [1.54, 1.807) is 24.3 Å². The van der Waals surface area contributed by atoms with Gasteiger partial charge in [-0.05, 0) is 82.7 Å². The molecule has 2 heterocycles. The number of hydrogen-bond donors (Lipinski definition) is 1. The average molecular weight is 937 g/mol. The molecule has 8 rings (SSSR count). The molecule has 0 atom stereocenters. The molecule has 0 aliphatic carbocycles. The number of aromatic nitrogens is 3. The van der Waals surface area contributed by atoms with E-state index in [1.165, 1.54) is 0 Å². The molecule has 0 fully saturated rings. The SMILES string of the molecule is [2H]c1nc(-c2[c-]c(-c3cccc4c3nc(-c3cc(C(C)(C)C)cc(C)c3O)n4-c3ccc(C([2H])([2H])[2H])cc3-c3ccccc3)cc(C(C)(C)C)c2)c([2H])c(-c2c([2H])c([2H])c([2H])c([2H])c2[2H])c1[2H].[Pt]. The Morgan fingerprint density at radius 3 is 2.14 bits per heavy atom. The van der Waals surface area contributed by atoms with Crippen molar-refractivity contribution in [1.29, 1.82) is 0 Å². The molecule has 1 N–H and O–H groups in total. The van der Waals surface area contributed by atoms with Crippen LogP contribution in [0.3, 0.4) is 0 Å². The molecule has 0 spiro atoms. The predicted octanol–water partition coefficient (Wildman–Crippen LogP) is 13.5. The van der Waals surface area contributed by atoms with Crippen LogP contribution in [0.25, 0.3) is 72.7 Å². The first-order valence-electron chi connectivity index (χ1n) is 24.0. The van der Waals surface area contributed by atoms with Crippen LogP contribution in [0.15, 0.2) is 139 Å². The van der Waals surface area contributed by atoms with Crippen LogP contribution in [0.5, 0.6) is 5.75 Å². The van der Waals surface area contributed by atoms with Crippen LogP contribution in [0, 0.1) is 19.8 Å². The number of imidazole rings is 1. The van der Waals surface area contributed by atoms with Crippen LogP contribution >= 0.6 is 0 Å². The summed E-state index contributed by atoms with van der Waals surface area (Å²) in [5.74, 6) is 0.423. The van der Waals surface area contributed by atoms with Crippen LogP contribution in [-0.2, 0) is 31.9 Å². The van der Waals surface area contributed by atoms with E-state index in [-0.39, 0.29) is 60.2 Å². The van der Waals surface area contributed by atoms with Gasteiger partial charge in [-0.15, -0.1) is 29.3 Å². The molecule has 288 valence electrons. The first-order valence-corrected chi connectivity index (χ1v) is 18.5. The molecule has 4 nitrogen and oxygen atoms in total. The number of para-hydroxylation sites is 1. The van der Waals surface area contributed by atoms with E-state index in [1.807, 2.05) is 99.0 Å². The molecule has 57 heavy (non-hydrogen) atoms. The third-order valence-electron chi connectivity index (χ3n) is 10.0. The maximum atomic E-state index is 12.0. The molecule has 2 aromatic heterocycles. The number of aromatic hydroxyl groups is 1. The van der Waals surface area contributed by atoms with Gasteiger partial charge in [0, 0.05) is 42.6 Å². The van der Waals surface area contributed by atoms with Gasteiger partial charge in [-0.2, -0.15) is 0 Å². The average Bonchev–Trinajstić information content (AvgIpc) is 3.66. The maximum Gasteiger partial charge on any atom is 0.148 e. The summed E-state index contributed by atoms with van der Waals surface area (Å²) in [4.78, 5) is 9.77. The Kier molecular flexibility index (Phi) is 7.55. The number of rotatable bonds is 6. The van der Waals surface area contributed by atoms with E-state index >= 15 is 0 Å². The van der Waals surface area contributed by atoms with Crippen LogP contribution in [0.1, 0.15) is 78.9 Å². The monoisotopic (exact) mass is 936 g/mol. The molecule has 0 saturated carbocycles. The van der Waals surface area contributed by atoms with Gasteiger partial charge in [0.1, 0.15) is 11.6 Å². The van der Waals surface area contributed by atoms with Crippen molar-refractivity contribution in [2.75, 3.05) is 0 Å². The first-order chi connectivity index (χ1) is 31.3. The zero-order valence-corrected chi connectivity index (χ0v) is 35.0. The normalized spacial score (nSPS) is 14.8. The second kappa shape index (κ2) is 15.4. The smallest absolute Gasteiger partial charge is 0.148 e. The van der Waals surface area contributed by atoms with E-state index in [0.717, 1.165) is 16.7 Å². The minimum Gasteiger partial charge on any atom is -0.507 e. The van der Waals surface area contributed by atoms with Gasteiger partial charge >= 0.3 is 0 Å².